The Morgan fingerprint density at radius 1 is 1.29 bits per heavy atom. The van der Waals surface area contributed by atoms with Crippen molar-refractivity contribution in [1.82, 2.24) is 10.6 Å². The third-order valence-corrected chi connectivity index (χ3v) is 2.68. The van der Waals surface area contributed by atoms with Crippen LogP contribution in [0, 0.1) is 0 Å². The molecule has 0 atom stereocenters. The average molecular weight is 312 g/mol. The van der Waals surface area contributed by atoms with Gasteiger partial charge in [-0.25, -0.2) is 0 Å². The molecule has 0 aliphatic carbocycles. The molecule has 2 amide bonds. The van der Waals surface area contributed by atoms with E-state index in [4.69, 9.17) is 0 Å². The third-order valence-electron chi connectivity index (χ3n) is 2.68. The van der Waals surface area contributed by atoms with Crippen LogP contribution in [0.5, 0.6) is 0 Å². The van der Waals surface area contributed by atoms with Crippen molar-refractivity contribution in [2.45, 2.75) is 12.8 Å². The number of halogens is 1. The summed E-state index contributed by atoms with van der Waals surface area (Å²) in [6, 6.07) is 6.95. The van der Waals surface area contributed by atoms with Crippen molar-refractivity contribution in [3.05, 3.63) is 42.5 Å². The van der Waals surface area contributed by atoms with E-state index in [2.05, 4.69) is 22.5 Å². The maximum atomic E-state index is 11.9. The molecule has 0 spiro atoms. The number of carbonyl (C=O) groups excluding carboxylic acids is 2. The SMILES string of the molecule is C=CCNC(=O)c1ccccc1NC(=O)CCCNC.Cl. The highest BCUT2D eigenvalue weighted by Gasteiger charge is 2.11. The van der Waals surface area contributed by atoms with Gasteiger partial charge >= 0.3 is 0 Å². The molecule has 0 radical (unpaired) electrons. The van der Waals surface area contributed by atoms with Crippen LogP contribution in [-0.4, -0.2) is 32.0 Å². The predicted molar refractivity (Wildman–Crippen MR) is 88.0 cm³/mol. The van der Waals surface area contributed by atoms with Gasteiger partial charge in [0.25, 0.3) is 5.91 Å². The molecule has 0 fully saturated rings. The normalized spacial score (nSPS) is 9.38. The van der Waals surface area contributed by atoms with Gasteiger partial charge < -0.3 is 16.0 Å². The Hall–Kier alpha value is -1.85. The van der Waals surface area contributed by atoms with E-state index in [9.17, 15) is 9.59 Å². The molecule has 0 aromatic heterocycles. The lowest BCUT2D eigenvalue weighted by Crippen LogP contribution is -2.25. The number of anilines is 1. The highest BCUT2D eigenvalue weighted by atomic mass is 35.5. The number of nitrogens with one attached hydrogen (secondary N) is 3. The van der Waals surface area contributed by atoms with Crippen LogP contribution in [0.15, 0.2) is 36.9 Å². The van der Waals surface area contributed by atoms with E-state index in [0.29, 0.717) is 24.2 Å². The van der Waals surface area contributed by atoms with E-state index in [1.807, 2.05) is 7.05 Å². The maximum Gasteiger partial charge on any atom is 0.253 e. The summed E-state index contributed by atoms with van der Waals surface area (Å²) < 4.78 is 0. The second kappa shape index (κ2) is 10.9. The van der Waals surface area contributed by atoms with Crippen LogP contribution >= 0.6 is 12.4 Å². The molecule has 1 aromatic carbocycles. The standard InChI is InChI=1S/C15H21N3O2.ClH/c1-3-10-17-15(20)12-7-4-5-8-13(12)18-14(19)9-6-11-16-2;/h3-5,7-8,16H,1,6,9-11H2,2H3,(H,17,20)(H,18,19);1H. The Morgan fingerprint density at radius 2 is 2.00 bits per heavy atom. The summed E-state index contributed by atoms with van der Waals surface area (Å²) in [5.41, 5.74) is 0.986. The van der Waals surface area contributed by atoms with Crippen molar-refractivity contribution in [2.75, 3.05) is 25.5 Å². The van der Waals surface area contributed by atoms with Gasteiger partial charge in [-0.3, -0.25) is 9.59 Å². The minimum atomic E-state index is -0.226. The molecule has 6 heteroatoms. The van der Waals surface area contributed by atoms with Gasteiger partial charge in [0.2, 0.25) is 5.91 Å². The maximum absolute atomic E-state index is 11.9. The molecule has 1 aromatic rings. The third kappa shape index (κ3) is 6.92. The van der Waals surface area contributed by atoms with Crippen molar-refractivity contribution in [3.63, 3.8) is 0 Å². The lowest BCUT2D eigenvalue weighted by molar-refractivity contribution is -0.116. The van der Waals surface area contributed by atoms with Gasteiger partial charge in [0.05, 0.1) is 11.3 Å². The second-order valence-electron chi connectivity index (χ2n) is 4.30. The van der Waals surface area contributed by atoms with Crippen LogP contribution in [0.25, 0.3) is 0 Å². The van der Waals surface area contributed by atoms with E-state index in [-0.39, 0.29) is 24.2 Å². The lowest BCUT2D eigenvalue weighted by Gasteiger charge is -2.10. The number of hydrogen-bond donors (Lipinski definition) is 3. The fraction of sp³-hybridized carbons (Fsp3) is 0.333. The number of amides is 2. The summed E-state index contributed by atoms with van der Waals surface area (Å²) in [6.45, 7) is 4.73. The minimum absolute atomic E-state index is 0. The fourth-order valence-electron chi connectivity index (χ4n) is 1.69. The molecule has 0 saturated carbocycles. The summed E-state index contributed by atoms with van der Waals surface area (Å²) in [6.07, 6.45) is 2.79. The molecule has 5 nitrogen and oxygen atoms in total. The minimum Gasteiger partial charge on any atom is -0.349 e. The summed E-state index contributed by atoms with van der Waals surface area (Å²) in [5.74, 6) is -0.319. The summed E-state index contributed by atoms with van der Waals surface area (Å²) in [7, 11) is 1.84. The Morgan fingerprint density at radius 3 is 2.67 bits per heavy atom. The molecule has 1 rings (SSSR count). The Bertz CT molecular complexity index is 478. The van der Waals surface area contributed by atoms with E-state index >= 15 is 0 Å². The summed E-state index contributed by atoms with van der Waals surface area (Å²) in [4.78, 5) is 23.7. The first-order chi connectivity index (χ1) is 9.69. The van der Waals surface area contributed by atoms with E-state index in [0.717, 1.165) is 13.0 Å². The Kier molecular flexibility index (Phi) is 9.92. The van der Waals surface area contributed by atoms with E-state index in [1.165, 1.54) is 0 Å². The molecule has 0 unspecified atom stereocenters. The van der Waals surface area contributed by atoms with Crippen LogP contribution in [0.2, 0.25) is 0 Å². The van der Waals surface area contributed by atoms with Crippen LogP contribution in [0.3, 0.4) is 0 Å². The molecule has 0 saturated heterocycles. The number of rotatable bonds is 8. The van der Waals surface area contributed by atoms with Crippen LogP contribution in [-0.2, 0) is 4.79 Å². The topological polar surface area (TPSA) is 70.2 Å². The lowest BCUT2D eigenvalue weighted by atomic mass is 10.1. The van der Waals surface area contributed by atoms with Gasteiger partial charge in [-0.15, -0.1) is 19.0 Å². The molecular weight excluding hydrogens is 290 g/mol. The van der Waals surface area contributed by atoms with Crippen molar-refractivity contribution >= 4 is 29.9 Å². The van der Waals surface area contributed by atoms with Gasteiger partial charge in [0.1, 0.15) is 0 Å². The molecule has 0 aliphatic heterocycles. The largest absolute Gasteiger partial charge is 0.349 e. The molecule has 0 bridgehead atoms. The predicted octanol–water partition coefficient (Wildman–Crippen LogP) is 1.96. The van der Waals surface area contributed by atoms with Crippen LogP contribution in [0.4, 0.5) is 5.69 Å². The van der Waals surface area contributed by atoms with Gasteiger partial charge in [0.15, 0.2) is 0 Å². The highest BCUT2D eigenvalue weighted by molar-refractivity contribution is 6.03. The molecule has 0 heterocycles. The zero-order valence-corrected chi connectivity index (χ0v) is 13.0. The molecular formula is C15H22ClN3O2. The van der Waals surface area contributed by atoms with Crippen molar-refractivity contribution in [1.29, 1.82) is 0 Å². The number of hydrogen-bond acceptors (Lipinski definition) is 3. The molecule has 21 heavy (non-hydrogen) atoms. The number of carbonyl (C=O) groups is 2. The van der Waals surface area contributed by atoms with Gasteiger partial charge in [-0.1, -0.05) is 18.2 Å². The molecule has 3 N–H and O–H groups in total. The van der Waals surface area contributed by atoms with Gasteiger partial charge in [0, 0.05) is 13.0 Å². The summed E-state index contributed by atoms with van der Waals surface area (Å²) in [5, 5.41) is 8.46. The van der Waals surface area contributed by atoms with Gasteiger partial charge in [-0.05, 0) is 32.1 Å². The second-order valence-corrected chi connectivity index (χ2v) is 4.30. The first kappa shape index (κ1) is 19.1. The molecule has 0 aliphatic rings. The van der Waals surface area contributed by atoms with Crippen LogP contribution < -0.4 is 16.0 Å². The first-order valence-electron chi connectivity index (χ1n) is 6.61. The fourth-order valence-corrected chi connectivity index (χ4v) is 1.69. The Balaban J connectivity index is 0.00000400. The summed E-state index contributed by atoms with van der Waals surface area (Å²) >= 11 is 0. The Labute approximate surface area is 131 Å². The van der Waals surface area contributed by atoms with Crippen molar-refractivity contribution in [2.24, 2.45) is 0 Å². The number of para-hydroxylation sites is 1. The van der Waals surface area contributed by atoms with E-state index in [1.54, 1.807) is 30.3 Å². The highest BCUT2D eigenvalue weighted by Crippen LogP contribution is 2.15. The van der Waals surface area contributed by atoms with E-state index < -0.39 is 0 Å². The quantitative estimate of drug-likeness (QED) is 0.508. The van der Waals surface area contributed by atoms with Crippen molar-refractivity contribution in [3.8, 4) is 0 Å². The van der Waals surface area contributed by atoms with Crippen LogP contribution in [0.1, 0.15) is 23.2 Å². The first-order valence-corrected chi connectivity index (χ1v) is 6.61. The van der Waals surface area contributed by atoms with Crippen molar-refractivity contribution < 1.29 is 9.59 Å². The monoisotopic (exact) mass is 311 g/mol. The zero-order chi connectivity index (χ0) is 14.8. The molecule has 116 valence electrons. The smallest absolute Gasteiger partial charge is 0.253 e. The average Bonchev–Trinajstić information content (AvgIpc) is 2.45. The van der Waals surface area contributed by atoms with Gasteiger partial charge in [-0.2, -0.15) is 0 Å². The zero-order valence-electron chi connectivity index (χ0n) is 12.1. The number of benzene rings is 1.